The molecular weight excluding hydrogens is 247 g/mol. The molecule has 0 aliphatic heterocycles. The topological polar surface area (TPSA) is 43.1 Å². The van der Waals surface area contributed by atoms with Crippen molar-refractivity contribution in [2.45, 2.75) is 0 Å². The molecule has 92 valence electrons. The van der Waals surface area contributed by atoms with Gasteiger partial charge in [-0.05, 0) is 29.3 Å². The van der Waals surface area contributed by atoms with Crippen LogP contribution in [0.1, 0.15) is 0 Å². The average Bonchev–Trinajstić information content (AvgIpc) is 2.32. The highest BCUT2D eigenvalue weighted by Gasteiger charge is 2.20. The lowest BCUT2D eigenvalue weighted by Crippen LogP contribution is -1.96. The van der Waals surface area contributed by atoms with Crippen molar-refractivity contribution in [3.8, 4) is 11.1 Å². The second-order valence-corrected chi connectivity index (χ2v) is 3.56. The number of nitro benzene ring substituents is 1. The van der Waals surface area contributed by atoms with E-state index in [4.69, 9.17) is 0 Å². The predicted molar refractivity (Wildman–Crippen MR) is 58.4 cm³/mol. The third kappa shape index (κ3) is 2.17. The number of rotatable bonds is 2. The molecule has 0 radical (unpaired) electrons. The van der Waals surface area contributed by atoms with Crippen molar-refractivity contribution in [3.05, 3.63) is 64.0 Å². The maximum atomic E-state index is 13.2. The van der Waals surface area contributed by atoms with Crippen molar-refractivity contribution < 1.29 is 18.1 Å². The Morgan fingerprint density at radius 3 is 2.33 bits per heavy atom. The highest BCUT2D eigenvalue weighted by molar-refractivity contribution is 5.66. The maximum Gasteiger partial charge on any atom is 0.308 e. The molecule has 0 atom stereocenters. The van der Waals surface area contributed by atoms with Gasteiger partial charge in [-0.1, -0.05) is 12.1 Å². The molecule has 3 nitrogen and oxygen atoms in total. The Kier molecular flexibility index (Phi) is 3.01. The molecule has 18 heavy (non-hydrogen) atoms. The van der Waals surface area contributed by atoms with Gasteiger partial charge in [-0.15, -0.1) is 0 Å². The highest BCUT2D eigenvalue weighted by atomic mass is 19.2. The summed E-state index contributed by atoms with van der Waals surface area (Å²) in [5.41, 5.74) is -0.702. The Hall–Kier alpha value is -2.37. The van der Waals surface area contributed by atoms with Gasteiger partial charge in [0, 0.05) is 6.07 Å². The van der Waals surface area contributed by atoms with Crippen LogP contribution in [0.2, 0.25) is 0 Å². The summed E-state index contributed by atoms with van der Waals surface area (Å²) in [6, 6.07) is 6.73. The van der Waals surface area contributed by atoms with E-state index < -0.39 is 28.1 Å². The van der Waals surface area contributed by atoms with E-state index >= 15 is 0 Å². The summed E-state index contributed by atoms with van der Waals surface area (Å²) in [5.74, 6) is -3.44. The van der Waals surface area contributed by atoms with E-state index in [1.165, 1.54) is 18.2 Å². The van der Waals surface area contributed by atoms with E-state index in [1.54, 1.807) is 0 Å². The SMILES string of the molecule is O=[N+]([O-])c1cc(-c2cccc(F)c2)cc(F)c1F. The lowest BCUT2D eigenvalue weighted by molar-refractivity contribution is -0.387. The summed E-state index contributed by atoms with van der Waals surface area (Å²) in [5, 5.41) is 10.5. The zero-order valence-electron chi connectivity index (χ0n) is 8.86. The summed E-state index contributed by atoms with van der Waals surface area (Å²) >= 11 is 0. The highest BCUT2D eigenvalue weighted by Crippen LogP contribution is 2.28. The molecule has 6 heteroatoms. The van der Waals surface area contributed by atoms with E-state index in [0.717, 1.165) is 18.2 Å². The summed E-state index contributed by atoms with van der Waals surface area (Å²) in [7, 11) is 0. The second kappa shape index (κ2) is 4.48. The first kappa shape index (κ1) is 12.1. The lowest BCUT2D eigenvalue weighted by Gasteiger charge is -2.03. The van der Waals surface area contributed by atoms with E-state index in [9.17, 15) is 23.3 Å². The van der Waals surface area contributed by atoms with Gasteiger partial charge in [0.2, 0.25) is 5.82 Å². The maximum absolute atomic E-state index is 13.2. The molecule has 0 bridgehead atoms. The first-order valence-electron chi connectivity index (χ1n) is 4.88. The zero-order chi connectivity index (χ0) is 13.3. The van der Waals surface area contributed by atoms with E-state index in [0.29, 0.717) is 0 Å². The Morgan fingerprint density at radius 2 is 1.72 bits per heavy atom. The van der Waals surface area contributed by atoms with Crippen LogP contribution >= 0.6 is 0 Å². The van der Waals surface area contributed by atoms with Gasteiger partial charge in [-0.25, -0.2) is 8.78 Å². The first-order valence-corrected chi connectivity index (χ1v) is 4.88. The molecule has 0 amide bonds. The van der Waals surface area contributed by atoms with Crippen molar-refractivity contribution in [1.82, 2.24) is 0 Å². The normalized spacial score (nSPS) is 10.4. The number of nitrogens with zero attached hydrogens (tertiary/aromatic N) is 1. The van der Waals surface area contributed by atoms with Crippen molar-refractivity contribution in [2.24, 2.45) is 0 Å². The Bertz CT molecular complexity index is 629. The van der Waals surface area contributed by atoms with Gasteiger partial charge in [-0.2, -0.15) is 4.39 Å². The van der Waals surface area contributed by atoms with Crippen LogP contribution in [0.3, 0.4) is 0 Å². The summed E-state index contributed by atoms with van der Waals surface area (Å²) < 4.78 is 39.3. The molecule has 0 aromatic heterocycles. The van der Waals surface area contributed by atoms with Gasteiger partial charge in [0.05, 0.1) is 4.92 Å². The van der Waals surface area contributed by atoms with Crippen molar-refractivity contribution in [1.29, 1.82) is 0 Å². The largest absolute Gasteiger partial charge is 0.308 e. The fraction of sp³-hybridized carbons (Fsp3) is 0. The van der Waals surface area contributed by atoms with Gasteiger partial charge in [0.15, 0.2) is 5.82 Å². The van der Waals surface area contributed by atoms with Crippen LogP contribution < -0.4 is 0 Å². The Balaban J connectivity index is 2.63. The third-order valence-electron chi connectivity index (χ3n) is 2.36. The van der Waals surface area contributed by atoms with Crippen LogP contribution in [0.4, 0.5) is 18.9 Å². The van der Waals surface area contributed by atoms with E-state index in [1.807, 2.05) is 0 Å². The van der Waals surface area contributed by atoms with Gasteiger partial charge >= 0.3 is 5.69 Å². The monoisotopic (exact) mass is 253 g/mol. The number of hydrogen-bond donors (Lipinski definition) is 0. The molecule has 0 saturated carbocycles. The molecule has 2 rings (SSSR count). The Labute approximate surface area is 99.6 Å². The molecule has 0 aliphatic carbocycles. The minimum Gasteiger partial charge on any atom is -0.258 e. The molecule has 0 N–H and O–H groups in total. The molecule has 2 aromatic rings. The summed E-state index contributed by atoms with van der Waals surface area (Å²) in [4.78, 5) is 9.52. The predicted octanol–water partition coefficient (Wildman–Crippen LogP) is 3.68. The number of halogens is 3. The van der Waals surface area contributed by atoms with Crippen molar-refractivity contribution >= 4 is 5.69 Å². The van der Waals surface area contributed by atoms with Gasteiger partial charge < -0.3 is 0 Å². The third-order valence-corrected chi connectivity index (χ3v) is 2.36. The van der Waals surface area contributed by atoms with Gasteiger partial charge in [0.1, 0.15) is 5.82 Å². The second-order valence-electron chi connectivity index (χ2n) is 3.56. The summed E-state index contributed by atoms with van der Waals surface area (Å²) in [6.07, 6.45) is 0. The van der Waals surface area contributed by atoms with Crippen LogP contribution in [-0.4, -0.2) is 4.92 Å². The minimum absolute atomic E-state index is 0.0418. The molecule has 0 unspecified atom stereocenters. The molecule has 0 fully saturated rings. The van der Waals surface area contributed by atoms with Crippen LogP contribution in [-0.2, 0) is 0 Å². The van der Waals surface area contributed by atoms with Crippen molar-refractivity contribution in [2.75, 3.05) is 0 Å². The zero-order valence-corrected chi connectivity index (χ0v) is 8.86. The average molecular weight is 253 g/mol. The fourth-order valence-corrected chi connectivity index (χ4v) is 1.54. The molecule has 0 spiro atoms. The van der Waals surface area contributed by atoms with Crippen LogP contribution in [0.5, 0.6) is 0 Å². The molecule has 2 aromatic carbocycles. The Morgan fingerprint density at radius 1 is 1.00 bits per heavy atom. The number of hydrogen-bond acceptors (Lipinski definition) is 2. The van der Waals surface area contributed by atoms with Crippen LogP contribution in [0.15, 0.2) is 36.4 Å². The van der Waals surface area contributed by atoms with Crippen molar-refractivity contribution in [3.63, 3.8) is 0 Å². The molecule has 0 saturated heterocycles. The first-order chi connectivity index (χ1) is 8.49. The molecule has 0 aliphatic rings. The van der Waals surface area contributed by atoms with Crippen LogP contribution in [0.25, 0.3) is 11.1 Å². The number of nitro groups is 1. The smallest absolute Gasteiger partial charge is 0.258 e. The standard InChI is InChI=1S/C12H6F3NO2/c13-9-3-1-2-7(4-9)8-5-10(14)12(15)11(6-8)16(17)18/h1-6H. The fourth-order valence-electron chi connectivity index (χ4n) is 1.54. The minimum atomic E-state index is -1.53. The molecular formula is C12H6F3NO2. The molecule has 0 heterocycles. The van der Waals surface area contributed by atoms with E-state index in [-0.39, 0.29) is 11.1 Å². The summed E-state index contributed by atoms with van der Waals surface area (Å²) in [6.45, 7) is 0. The van der Waals surface area contributed by atoms with E-state index in [2.05, 4.69) is 0 Å². The van der Waals surface area contributed by atoms with Crippen LogP contribution in [0, 0.1) is 27.6 Å². The lowest BCUT2D eigenvalue weighted by atomic mass is 10.0. The quantitative estimate of drug-likeness (QED) is 0.605. The van der Waals surface area contributed by atoms with Gasteiger partial charge in [-0.3, -0.25) is 10.1 Å². The number of benzene rings is 2. The van der Waals surface area contributed by atoms with Gasteiger partial charge in [0.25, 0.3) is 0 Å².